The van der Waals surface area contributed by atoms with Crippen LogP contribution in [0.15, 0.2) is 52.3 Å². The van der Waals surface area contributed by atoms with E-state index in [1.54, 1.807) is 43.5 Å². The molecule has 0 aliphatic carbocycles. The summed E-state index contributed by atoms with van der Waals surface area (Å²) in [6, 6.07) is 8.45. The lowest BCUT2D eigenvalue weighted by atomic mass is 10.2. The van der Waals surface area contributed by atoms with Crippen LogP contribution < -0.4 is 21.3 Å². The summed E-state index contributed by atoms with van der Waals surface area (Å²) >= 11 is 13.1. The first-order valence-electron chi connectivity index (χ1n) is 10.3. The number of benzene rings is 1. The first-order chi connectivity index (χ1) is 16.3. The number of pyridine rings is 1. The standard InChI is InChI=1S/C23H20Cl2N4O4S/c1-3-33-19-9-14(6-7-26-19)10-27-20(30)18-12-29-22(34-18)13(2)21(31)28(23(29)32)11-15-4-5-16(24)17(25)8-15/h4-9,12H,3,10-11H2,1-2H3,(H,27,30). The fourth-order valence-electron chi connectivity index (χ4n) is 3.39. The van der Waals surface area contributed by atoms with Gasteiger partial charge in [0.05, 0.1) is 23.2 Å². The molecule has 3 aromatic heterocycles. The van der Waals surface area contributed by atoms with Crippen LogP contribution in [-0.4, -0.2) is 26.5 Å². The van der Waals surface area contributed by atoms with E-state index in [1.807, 2.05) is 6.92 Å². The van der Waals surface area contributed by atoms with Gasteiger partial charge in [0.2, 0.25) is 5.88 Å². The second kappa shape index (κ2) is 10.0. The fraction of sp³-hybridized carbons (Fsp3) is 0.217. The molecular weight excluding hydrogens is 499 g/mol. The molecule has 1 amide bonds. The number of carbonyl (C=O) groups is 1. The molecule has 0 radical (unpaired) electrons. The monoisotopic (exact) mass is 518 g/mol. The Balaban J connectivity index is 1.61. The van der Waals surface area contributed by atoms with E-state index in [9.17, 15) is 14.4 Å². The van der Waals surface area contributed by atoms with Crippen LogP contribution in [0.5, 0.6) is 5.88 Å². The molecular formula is C23H20Cl2N4O4S. The number of hydrogen-bond donors (Lipinski definition) is 1. The highest BCUT2D eigenvalue weighted by Gasteiger charge is 2.18. The van der Waals surface area contributed by atoms with Crippen molar-refractivity contribution in [1.29, 1.82) is 0 Å². The summed E-state index contributed by atoms with van der Waals surface area (Å²) in [5.74, 6) is 0.124. The second-order valence-electron chi connectivity index (χ2n) is 7.44. The molecule has 11 heteroatoms. The van der Waals surface area contributed by atoms with Crippen LogP contribution in [0.3, 0.4) is 0 Å². The van der Waals surface area contributed by atoms with Gasteiger partial charge in [0.1, 0.15) is 9.71 Å². The number of rotatable bonds is 7. The van der Waals surface area contributed by atoms with Crippen molar-refractivity contribution in [3.05, 3.63) is 95.2 Å². The molecule has 0 aliphatic heterocycles. The molecule has 1 aromatic carbocycles. The van der Waals surface area contributed by atoms with E-state index >= 15 is 0 Å². The number of fused-ring (bicyclic) bond motifs is 1. The molecule has 0 aliphatic rings. The molecule has 1 N–H and O–H groups in total. The van der Waals surface area contributed by atoms with Crippen molar-refractivity contribution in [1.82, 2.24) is 19.3 Å². The first kappa shape index (κ1) is 24.0. The molecule has 0 unspecified atom stereocenters. The summed E-state index contributed by atoms with van der Waals surface area (Å²) in [6.45, 7) is 4.27. The van der Waals surface area contributed by atoms with Crippen molar-refractivity contribution in [3.63, 3.8) is 0 Å². The number of aromatic nitrogens is 3. The van der Waals surface area contributed by atoms with Gasteiger partial charge in [0, 0.05) is 30.6 Å². The van der Waals surface area contributed by atoms with Crippen molar-refractivity contribution >= 4 is 45.3 Å². The van der Waals surface area contributed by atoms with Crippen LogP contribution >= 0.6 is 34.5 Å². The van der Waals surface area contributed by atoms with Crippen LogP contribution in [0.1, 0.15) is 33.3 Å². The van der Waals surface area contributed by atoms with Gasteiger partial charge in [-0.3, -0.25) is 18.6 Å². The summed E-state index contributed by atoms with van der Waals surface area (Å²) in [5.41, 5.74) is 0.888. The van der Waals surface area contributed by atoms with Gasteiger partial charge in [-0.25, -0.2) is 9.78 Å². The lowest BCUT2D eigenvalue weighted by Crippen LogP contribution is -2.38. The predicted octanol–water partition coefficient (Wildman–Crippen LogP) is 3.91. The average Bonchev–Trinajstić information content (AvgIpc) is 3.28. The summed E-state index contributed by atoms with van der Waals surface area (Å²) in [7, 11) is 0. The number of ether oxygens (including phenoxy) is 1. The molecule has 3 heterocycles. The Kier molecular flexibility index (Phi) is 7.06. The van der Waals surface area contributed by atoms with Crippen molar-refractivity contribution in [2.45, 2.75) is 26.9 Å². The topological polar surface area (TPSA) is 94.7 Å². The third kappa shape index (κ3) is 4.86. The Morgan fingerprint density at radius 2 is 1.94 bits per heavy atom. The first-order valence-corrected chi connectivity index (χ1v) is 11.9. The Labute approximate surface area is 208 Å². The van der Waals surface area contributed by atoms with Gasteiger partial charge in [-0.1, -0.05) is 29.3 Å². The maximum atomic E-state index is 13.1. The number of nitrogens with one attached hydrogen (secondary N) is 1. The minimum Gasteiger partial charge on any atom is -0.478 e. The van der Waals surface area contributed by atoms with Crippen molar-refractivity contribution in [2.24, 2.45) is 0 Å². The molecule has 4 rings (SSSR count). The van der Waals surface area contributed by atoms with E-state index in [0.717, 1.165) is 21.5 Å². The zero-order chi connectivity index (χ0) is 24.4. The maximum absolute atomic E-state index is 13.1. The van der Waals surface area contributed by atoms with Gasteiger partial charge >= 0.3 is 5.69 Å². The third-order valence-electron chi connectivity index (χ3n) is 5.09. The lowest BCUT2D eigenvalue weighted by Gasteiger charge is -2.08. The Morgan fingerprint density at radius 3 is 2.68 bits per heavy atom. The third-order valence-corrected chi connectivity index (χ3v) is 7.03. The number of nitrogens with zero attached hydrogens (tertiary/aromatic N) is 3. The largest absolute Gasteiger partial charge is 0.478 e. The van der Waals surface area contributed by atoms with Crippen LogP contribution in [0.25, 0.3) is 4.83 Å². The smallest absolute Gasteiger partial charge is 0.336 e. The minimum absolute atomic E-state index is 0.0277. The molecule has 34 heavy (non-hydrogen) atoms. The van der Waals surface area contributed by atoms with E-state index in [-0.39, 0.29) is 19.0 Å². The zero-order valence-electron chi connectivity index (χ0n) is 18.3. The molecule has 0 spiro atoms. The molecule has 176 valence electrons. The normalized spacial score (nSPS) is 11.1. The number of halogens is 2. The second-order valence-corrected chi connectivity index (χ2v) is 9.28. The van der Waals surface area contributed by atoms with Crippen LogP contribution in [0.4, 0.5) is 0 Å². The van der Waals surface area contributed by atoms with E-state index < -0.39 is 11.2 Å². The molecule has 0 saturated carbocycles. The van der Waals surface area contributed by atoms with E-state index in [4.69, 9.17) is 27.9 Å². The molecule has 8 nitrogen and oxygen atoms in total. The molecule has 0 bridgehead atoms. The summed E-state index contributed by atoms with van der Waals surface area (Å²) in [6.07, 6.45) is 3.06. The number of hydrogen-bond acceptors (Lipinski definition) is 6. The Hall–Kier alpha value is -3.14. The van der Waals surface area contributed by atoms with Gasteiger partial charge in [0.25, 0.3) is 11.5 Å². The Morgan fingerprint density at radius 1 is 1.15 bits per heavy atom. The number of thiazole rings is 1. The van der Waals surface area contributed by atoms with Gasteiger partial charge < -0.3 is 10.1 Å². The maximum Gasteiger partial charge on any atom is 0.336 e. The van der Waals surface area contributed by atoms with Crippen molar-refractivity contribution in [2.75, 3.05) is 6.61 Å². The SMILES string of the molecule is CCOc1cc(CNC(=O)c2cn3c(=O)n(Cc4ccc(Cl)c(Cl)c4)c(=O)c(C)c3s2)ccn1. The average molecular weight is 519 g/mol. The zero-order valence-corrected chi connectivity index (χ0v) is 20.6. The van der Waals surface area contributed by atoms with E-state index in [2.05, 4.69) is 10.3 Å². The lowest BCUT2D eigenvalue weighted by molar-refractivity contribution is 0.0954. The van der Waals surface area contributed by atoms with Gasteiger partial charge in [-0.15, -0.1) is 11.3 Å². The van der Waals surface area contributed by atoms with Crippen LogP contribution in [0, 0.1) is 6.92 Å². The van der Waals surface area contributed by atoms with Gasteiger partial charge in [-0.2, -0.15) is 0 Å². The summed E-state index contributed by atoms with van der Waals surface area (Å²) in [5, 5.41) is 3.55. The highest BCUT2D eigenvalue weighted by molar-refractivity contribution is 7.19. The minimum atomic E-state index is -0.539. The molecule has 4 aromatic rings. The summed E-state index contributed by atoms with van der Waals surface area (Å²) < 4.78 is 7.82. The predicted molar refractivity (Wildman–Crippen MR) is 133 cm³/mol. The number of carbonyl (C=O) groups excluding carboxylic acids is 1. The van der Waals surface area contributed by atoms with Crippen LogP contribution in [-0.2, 0) is 13.1 Å². The van der Waals surface area contributed by atoms with Crippen LogP contribution in [0.2, 0.25) is 10.0 Å². The Bertz CT molecular complexity index is 1510. The van der Waals surface area contributed by atoms with Crippen molar-refractivity contribution < 1.29 is 9.53 Å². The molecule has 0 atom stereocenters. The fourth-order valence-corrected chi connectivity index (χ4v) is 4.71. The molecule has 0 saturated heterocycles. The number of amides is 1. The van der Waals surface area contributed by atoms with Gasteiger partial charge in [-0.05, 0) is 43.2 Å². The molecule has 0 fully saturated rings. The van der Waals surface area contributed by atoms with E-state index in [1.165, 1.54) is 10.6 Å². The van der Waals surface area contributed by atoms with Crippen molar-refractivity contribution in [3.8, 4) is 5.88 Å². The highest BCUT2D eigenvalue weighted by atomic mass is 35.5. The summed E-state index contributed by atoms with van der Waals surface area (Å²) in [4.78, 5) is 43.6. The number of aryl methyl sites for hydroxylation is 1. The highest BCUT2D eigenvalue weighted by Crippen LogP contribution is 2.23. The quantitative estimate of drug-likeness (QED) is 0.400. The van der Waals surface area contributed by atoms with Gasteiger partial charge in [0.15, 0.2) is 0 Å². The van der Waals surface area contributed by atoms with E-state index in [0.29, 0.717) is 43.4 Å².